The molecule has 0 heterocycles. The van der Waals surface area contributed by atoms with E-state index in [4.69, 9.17) is 28.9 Å². The summed E-state index contributed by atoms with van der Waals surface area (Å²) in [4.78, 5) is 0. The van der Waals surface area contributed by atoms with E-state index >= 15 is 0 Å². The molecule has 0 fully saturated rings. The molecule has 1 aromatic carbocycles. The second-order valence-electron chi connectivity index (χ2n) is 4.61. The van der Waals surface area contributed by atoms with E-state index < -0.39 is 0 Å². The third kappa shape index (κ3) is 3.48. The molecule has 0 radical (unpaired) electrons. The topological polar surface area (TPSA) is 26.0 Å². The summed E-state index contributed by atoms with van der Waals surface area (Å²) in [6.45, 7) is 0. The van der Waals surface area contributed by atoms with Gasteiger partial charge in [0.15, 0.2) is 0 Å². The SMILES string of the molecule is NC1C=C(Cc2c(Cl)cccc2Cl)CCCC1. The lowest BCUT2D eigenvalue weighted by Gasteiger charge is -2.10. The van der Waals surface area contributed by atoms with Crippen molar-refractivity contribution in [3.05, 3.63) is 45.5 Å². The van der Waals surface area contributed by atoms with Crippen LogP contribution in [0.5, 0.6) is 0 Å². The van der Waals surface area contributed by atoms with Gasteiger partial charge in [-0.3, -0.25) is 0 Å². The maximum Gasteiger partial charge on any atom is 0.0456 e. The first-order valence-corrected chi connectivity index (χ1v) is 6.80. The average Bonchev–Trinajstić information content (AvgIpc) is 2.48. The van der Waals surface area contributed by atoms with E-state index in [0.29, 0.717) is 0 Å². The summed E-state index contributed by atoms with van der Waals surface area (Å²) in [6.07, 6.45) is 7.62. The van der Waals surface area contributed by atoms with Gasteiger partial charge < -0.3 is 5.73 Å². The molecule has 1 atom stereocenters. The van der Waals surface area contributed by atoms with Gasteiger partial charge >= 0.3 is 0 Å². The average molecular weight is 270 g/mol. The van der Waals surface area contributed by atoms with Crippen LogP contribution in [0.4, 0.5) is 0 Å². The molecule has 2 N–H and O–H groups in total. The monoisotopic (exact) mass is 269 g/mol. The van der Waals surface area contributed by atoms with E-state index in [0.717, 1.165) is 34.9 Å². The molecule has 92 valence electrons. The van der Waals surface area contributed by atoms with E-state index in [1.165, 1.54) is 18.4 Å². The molecule has 2 rings (SSSR count). The highest BCUT2D eigenvalue weighted by molar-refractivity contribution is 6.36. The van der Waals surface area contributed by atoms with E-state index in [-0.39, 0.29) is 6.04 Å². The summed E-state index contributed by atoms with van der Waals surface area (Å²) in [6, 6.07) is 5.84. The van der Waals surface area contributed by atoms with Crippen LogP contribution in [-0.4, -0.2) is 6.04 Å². The van der Waals surface area contributed by atoms with Gasteiger partial charge in [-0.05, 0) is 43.4 Å². The number of benzene rings is 1. The Hall–Kier alpha value is -0.500. The lowest BCUT2D eigenvalue weighted by Crippen LogP contribution is -2.16. The van der Waals surface area contributed by atoms with Gasteiger partial charge in [-0.2, -0.15) is 0 Å². The van der Waals surface area contributed by atoms with Crippen molar-refractivity contribution in [1.82, 2.24) is 0 Å². The Bertz CT molecular complexity index is 406. The molecule has 0 amide bonds. The van der Waals surface area contributed by atoms with Gasteiger partial charge in [0.25, 0.3) is 0 Å². The van der Waals surface area contributed by atoms with Crippen LogP contribution in [0.25, 0.3) is 0 Å². The Morgan fingerprint density at radius 2 is 1.88 bits per heavy atom. The molecule has 3 heteroatoms. The number of hydrogen-bond acceptors (Lipinski definition) is 1. The van der Waals surface area contributed by atoms with Crippen LogP contribution in [0.1, 0.15) is 31.2 Å². The Balaban J connectivity index is 2.19. The molecule has 0 saturated carbocycles. The number of allylic oxidation sites excluding steroid dienone is 1. The summed E-state index contributed by atoms with van der Waals surface area (Å²) >= 11 is 12.4. The zero-order valence-electron chi connectivity index (χ0n) is 9.76. The van der Waals surface area contributed by atoms with Crippen molar-refractivity contribution < 1.29 is 0 Å². The second kappa shape index (κ2) is 5.90. The van der Waals surface area contributed by atoms with Crippen LogP contribution in [0.2, 0.25) is 10.0 Å². The van der Waals surface area contributed by atoms with Gasteiger partial charge in [-0.1, -0.05) is 47.3 Å². The molecule has 1 aromatic rings. The Morgan fingerprint density at radius 3 is 2.59 bits per heavy atom. The van der Waals surface area contributed by atoms with E-state index in [9.17, 15) is 0 Å². The van der Waals surface area contributed by atoms with Crippen molar-refractivity contribution in [2.24, 2.45) is 5.73 Å². The Morgan fingerprint density at radius 1 is 1.18 bits per heavy atom. The molecule has 0 aliphatic heterocycles. The van der Waals surface area contributed by atoms with Crippen molar-refractivity contribution in [1.29, 1.82) is 0 Å². The van der Waals surface area contributed by atoms with Crippen molar-refractivity contribution in [3.8, 4) is 0 Å². The van der Waals surface area contributed by atoms with Gasteiger partial charge in [0.1, 0.15) is 0 Å². The van der Waals surface area contributed by atoms with Gasteiger partial charge in [0.2, 0.25) is 0 Å². The van der Waals surface area contributed by atoms with Crippen molar-refractivity contribution in [2.75, 3.05) is 0 Å². The van der Waals surface area contributed by atoms with E-state index in [2.05, 4.69) is 6.08 Å². The fraction of sp³-hybridized carbons (Fsp3) is 0.429. The maximum atomic E-state index is 6.18. The highest BCUT2D eigenvalue weighted by atomic mass is 35.5. The predicted octanol–water partition coefficient (Wildman–Crippen LogP) is 4.36. The molecule has 0 bridgehead atoms. The Labute approximate surface area is 113 Å². The third-order valence-corrected chi connectivity index (χ3v) is 3.91. The van der Waals surface area contributed by atoms with Crippen LogP contribution in [-0.2, 0) is 6.42 Å². The van der Waals surface area contributed by atoms with Crippen LogP contribution < -0.4 is 5.73 Å². The summed E-state index contributed by atoms with van der Waals surface area (Å²) in [5.41, 5.74) is 8.40. The quantitative estimate of drug-likeness (QED) is 0.794. The minimum absolute atomic E-state index is 0.189. The summed E-state index contributed by atoms with van der Waals surface area (Å²) in [7, 11) is 0. The second-order valence-corrected chi connectivity index (χ2v) is 5.43. The summed E-state index contributed by atoms with van der Waals surface area (Å²) in [5.74, 6) is 0. The standard InChI is InChI=1S/C14H17Cl2N/c15-13-6-3-7-14(16)12(13)9-10-4-1-2-5-11(17)8-10/h3,6-8,11H,1-2,4-5,9,17H2. The number of halogens is 2. The van der Waals surface area contributed by atoms with Crippen LogP contribution in [0, 0.1) is 0 Å². The molecule has 0 spiro atoms. The zero-order valence-corrected chi connectivity index (χ0v) is 11.3. The van der Waals surface area contributed by atoms with E-state index in [1.807, 2.05) is 18.2 Å². The first kappa shape index (κ1) is 12.9. The lowest BCUT2D eigenvalue weighted by molar-refractivity contribution is 0.654. The van der Waals surface area contributed by atoms with Gasteiger partial charge in [-0.15, -0.1) is 0 Å². The Kier molecular flexibility index (Phi) is 4.49. The zero-order chi connectivity index (χ0) is 12.3. The number of rotatable bonds is 2. The predicted molar refractivity (Wildman–Crippen MR) is 74.7 cm³/mol. The van der Waals surface area contributed by atoms with Crippen LogP contribution >= 0.6 is 23.2 Å². The molecule has 1 nitrogen and oxygen atoms in total. The first-order valence-electron chi connectivity index (χ1n) is 6.05. The maximum absolute atomic E-state index is 6.18. The molecular formula is C14H17Cl2N. The fourth-order valence-corrected chi connectivity index (χ4v) is 2.81. The fourth-order valence-electron chi connectivity index (χ4n) is 2.28. The molecule has 17 heavy (non-hydrogen) atoms. The lowest BCUT2D eigenvalue weighted by atomic mass is 10.0. The van der Waals surface area contributed by atoms with Crippen molar-refractivity contribution in [2.45, 2.75) is 38.1 Å². The molecular weight excluding hydrogens is 253 g/mol. The summed E-state index contributed by atoms with van der Waals surface area (Å²) < 4.78 is 0. The molecule has 1 unspecified atom stereocenters. The molecule has 0 saturated heterocycles. The minimum atomic E-state index is 0.189. The van der Waals surface area contributed by atoms with Gasteiger partial charge in [0, 0.05) is 16.1 Å². The number of nitrogens with two attached hydrogens (primary N) is 1. The minimum Gasteiger partial charge on any atom is -0.324 e. The molecule has 0 aromatic heterocycles. The smallest absolute Gasteiger partial charge is 0.0456 e. The van der Waals surface area contributed by atoms with Crippen molar-refractivity contribution >= 4 is 23.2 Å². The molecule has 1 aliphatic rings. The van der Waals surface area contributed by atoms with Crippen LogP contribution in [0.3, 0.4) is 0 Å². The van der Waals surface area contributed by atoms with Gasteiger partial charge in [0.05, 0.1) is 0 Å². The third-order valence-electron chi connectivity index (χ3n) is 3.20. The van der Waals surface area contributed by atoms with Gasteiger partial charge in [-0.25, -0.2) is 0 Å². The highest BCUT2D eigenvalue weighted by Crippen LogP contribution is 2.29. The highest BCUT2D eigenvalue weighted by Gasteiger charge is 2.12. The first-order chi connectivity index (χ1) is 8.16. The van der Waals surface area contributed by atoms with Crippen LogP contribution in [0.15, 0.2) is 29.8 Å². The van der Waals surface area contributed by atoms with Crippen molar-refractivity contribution in [3.63, 3.8) is 0 Å². The molecule has 1 aliphatic carbocycles. The van der Waals surface area contributed by atoms with E-state index in [1.54, 1.807) is 0 Å². The number of hydrogen-bond donors (Lipinski definition) is 1. The summed E-state index contributed by atoms with van der Waals surface area (Å²) in [5, 5.41) is 1.49. The normalized spacial score (nSPS) is 20.9. The largest absolute Gasteiger partial charge is 0.324 e.